The third-order valence-electron chi connectivity index (χ3n) is 4.90. The lowest BCUT2D eigenvalue weighted by molar-refractivity contribution is -0.0492. The predicted molar refractivity (Wildman–Crippen MR) is 93.7 cm³/mol. The molecule has 3 heterocycles. The van der Waals surface area contributed by atoms with Crippen LogP contribution in [-0.4, -0.2) is 57.9 Å². The maximum absolute atomic E-state index is 14.5. The van der Waals surface area contributed by atoms with Crippen molar-refractivity contribution in [2.24, 2.45) is 0 Å². The van der Waals surface area contributed by atoms with Gasteiger partial charge in [-0.15, -0.1) is 10.2 Å². The van der Waals surface area contributed by atoms with Gasteiger partial charge in [-0.25, -0.2) is 13.6 Å². The summed E-state index contributed by atoms with van der Waals surface area (Å²) in [5, 5.41) is 8.09. The second-order valence-corrected chi connectivity index (χ2v) is 8.36. The van der Waals surface area contributed by atoms with Crippen molar-refractivity contribution in [2.75, 3.05) is 11.9 Å². The Morgan fingerprint density at radius 1 is 1.35 bits per heavy atom. The van der Waals surface area contributed by atoms with Crippen molar-refractivity contribution in [1.82, 2.24) is 15.1 Å². The lowest BCUT2D eigenvalue weighted by atomic mass is 9.96. The zero-order valence-electron chi connectivity index (χ0n) is 15.2. The molecule has 3 atom stereocenters. The molecule has 9 heteroatoms. The van der Waals surface area contributed by atoms with Gasteiger partial charge >= 0.3 is 6.09 Å². The van der Waals surface area contributed by atoms with E-state index in [0.29, 0.717) is 12.2 Å². The van der Waals surface area contributed by atoms with E-state index in [1.54, 1.807) is 40.0 Å². The van der Waals surface area contributed by atoms with E-state index in [-0.39, 0.29) is 24.0 Å². The summed E-state index contributed by atoms with van der Waals surface area (Å²) in [6.45, 7) is 5.18. The van der Waals surface area contributed by atoms with Crippen LogP contribution in [0.2, 0.25) is 5.15 Å². The number of amides is 1. The minimum atomic E-state index is -2.93. The van der Waals surface area contributed by atoms with Crippen LogP contribution in [0.4, 0.5) is 19.4 Å². The molecule has 0 radical (unpaired) electrons. The molecule has 0 N–H and O–H groups in total. The smallest absolute Gasteiger partial charge is 0.411 e. The molecule has 1 aromatic heterocycles. The summed E-state index contributed by atoms with van der Waals surface area (Å²) < 4.78 is 34.4. The van der Waals surface area contributed by atoms with Gasteiger partial charge in [-0.1, -0.05) is 11.6 Å². The van der Waals surface area contributed by atoms with Gasteiger partial charge < -0.3 is 9.64 Å². The topological polar surface area (TPSA) is 58.6 Å². The fourth-order valence-electron chi connectivity index (χ4n) is 3.75. The molecule has 3 rings (SSSR count). The van der Waals surface area contributed by atoms with E-state index in [1.807, 2.05) is 4.90 Å². The third-order valence-corrected chi connectivity index (χ3v) is 5.10. The summed E-state index contributed by atoms with van der Waals surface area (Å²) in [7, 11) is 1.79. The standard InChI is InChI=1S/C17H23ClF2N4O2/c1-16(2,3)26-15(25)24-11-7-10(8-12(24)17(19,20)9-11)23(4)14-6-5-13(18)21-22-14/h5-6,10-12H,7-9H2,1-4H3/t10-,11+,12-/m1/s1. The van der Waals surface area contributed by atoms with Crippen molar-refractivity contribution in [1.29, 1.82) is 0 Å². The number of fused-ring (bicyclic) bond motifs is 2. The van der Waals surface area contributed by atoms with E-state index in [1.165, 1.54) is 4.90 Å². The molecule has 2 bridgehead atoms. The number of carbonyl (C=O) groups excluding carboxylic acids is 1. The summed E-state index contributed by atoms with van der Waals surface area (Å²) in [5.41, 5.74) is -0.724. The summed E-state index contributed by atoms with van der Waals surface area (Å²) in [6.07, 6.45) is -0.444. The molecule has 144 valence electrons. The van der Waals surface area contributed by atoms with Crippen molar-refractivity contribution >= 4 is 23.5 Å². The van der Waals surface area contributed by atoms with Gasteiger partial charge in [0.1, 0.15) is 11.6 Å². The number of ether oxygens (including phenoxy) is 1. The zero-order valence-corrected chi connectivity index (χ0v) is 16.0. The van der Waals surface area contributed by atoms with Crippen molar-refractivity contribution in [3.8, 4) is 0 Å². The molecule has 1 amide bonds. The highest BCUT2D eigenvalue weighted by atomic mass is 35.5. The Balaban J connectivity index is 1.79. The van der Waals surface area contributed by atoms with Gasteiger partial charge in [0, 0.05) is 25.6 Å². The van der Waals surface area contributed by atoms with E-state index in [9.17, 15) is 13.6 Å². The molecule has 2 aliphatic heterocycles. The molecular weight excluding hydrogens is 366 g/mol. The minimum absolute atomic E-state index is 0.142. The molecule has 0 aliphatic carbocycles. The van der Waals surface area contributed by atoms with Gasteiger partial charge in [0.05, 0.1) is 0 Å². The fraction of sp³-hybridized carbons (Fsp3) is 0.706. The molecule has 0 spiro atoms. The van der Waals surface area contributed by atoms with Gasteiger partial charge in [-0.3, -0.25) is 4.90 Å². The van der Waals surface area contributed by atoms with E-state index in [0.717, 1.165) is 0 Å². The van der Waals surface area contributed by atoms with Crippen LogP contribution in [0.25, 0.3) is 0 Å². The number of piperidine rings is 1. The first-order valence-corrected chi connectivity index (χ1v) is 8.97. The highest BCUT2D eigenvalue weighted by Gasteiger charge is 2.60. The molecule has 2 saturated heterocycles. The Hall–Kier alpha value is -1.70. The van der Waals surface area contributed by atoms with Crippen LogP contribution < -0.4 is 4.90 Å². The van der Waals surface area contributed by atoms with Crippen LogP contribution in [0.5, 0.6) is 0 Å². The Kier molecular flexibility index (Phi) is 4.75. The quantitative estimate of drug-likeness (QED) is 0.772. The van der Waals surface area contributed by atoms with Crippen molar-refractivity contribution in [3.05, 3.63) is 17.3 Å². The Morgan fingerprint density at radius 2 is 2.04 bits per heavy atom. The number of halogens is 3. The monoisotopic (exact) mass is 388 g/mol. The molecule has 0 aromatic carbocycles. The predicted octanol–water partition coefficient (Wildman–Crippen LogP) is 3.74. The second-order valence-electron chi connectivity index (χ2n) is 7.97. The Labute approximate surface area is 156 Å². The largest absolute Gasteiger partial charge is 0.444 e. The van der Waals surface area contributed by atoms with Gasteiger partial charge in [0.25, 0.3) is 5.92 Å². The summed E-state index contributed by atoms with van der Waals surface area (Å²) >= 11 is 5.75. The van der Waals surface area contributed by atoms with E-state index < -0.39 is 29.7 Å². The molecule has 2 fully saturated rings. The van der Waals surface area contributed by atoms with Gasteiger partial charge in [0.15, 0.2) is 11.0 Å². The van der Waals surface area contributed by atoms with E-state index in [2.05, 4.69) is 10.2 Å². The average molecular weight is 389 g/mol. The number of hydrogen-bond acceptors (Lipinski definition) is 5. The SMILES string of the molecule is CN(c1ccc(Cl)nn1)[C@@H]1C[C@H]2CC(F)(F)[C@@H](C1)N2C(=O)OC(C)(C)C. The fourth-order valence-corrected chi connectivity index (χ4v) is 3.85. The Bertz CT molecular complexity index is 680. The number of alkyl halides is 2. The Morgan fingerprint density at radius 3 is 2.58 bits per heavy atom. The first kappa shape index (κ1) is 19.1. The maximum atomic E-state index is 14.5. The number of aromatic nitrogens is 2. The van der Waals surface area contributed by atoms with Crippen LogP contribution >= 0.6 is 11.6 Å². The van der Waals surface area contributed by atoms with Gasteiger partial charge in [-0.2, -0.15) is 0 Å². The van der Waals surface area contributed by atoms with E-state index in [4.69, 9.17) is 16.3 Å². The van der Waals surface area contributed by atoms with Gasteiger partial charge in [0.2, 0.25) is 0 Å². The first-order valence-electron chi connectivity index (χ1n) is 8.59. The summed E-state index contributed by atoms with van der Waals surface area (Å²) in [5.74, 6) is -2.36. The van der Waals surface area contributed by atoms with E-state index >= 15 is 0 Å². The van der Waals surface area contributed by atoms with Crippen molar-refractivity contribution < 1.29 is 18.3 Å². The first-order chi connectivity index (χ1) is 12.0. The molecule has 6 nitrogen and oxygen atoms in total. The van der Waals surface area contributed by atoms with Crippen LogP contribution in [-0.2, 0) is 4.74 Å². The van der Waals surface area contributed by atoms with Crippen molar-refractivity contribution in [3.63, 3.8) is 0 Å². The molecule has 26 heavy (non-hydrogen) atoms. The van der Waals surface area contributed by atoms with Crippen LogP contribution in [0, 0.1) is 0 Å². The van der Waals surface area contributed by atoms with Crippen LogP contribution in [0.15, 0.2) is 12.1 Å². The number of rotatable bonds is 2. The lowest BCUT2D eigenvalue weighted by Crippen LogP contribution is -2.55. The number of hydrogen-bond donors (Lipinski definition) is 0. The molecular formula is C17H23ClF2N4O2. The van der Waals surface area contributed by atoms with Crippen LogP contribution in [0.1, 0.15) is 40.0 Å². The third kappa shape index (κ3) is 3.70. The maximum Gasteiger partial charge on any atom is 0.411 e. The number of carbonyl (C=O) groups is 1. The number of nitrogens with zero attached hydrogens (tertiary/aromatic N) is 4. The highest BCUT2D eigenvalue weighted by Crippen LogP contribution is 2.47. The van der Waals surface area contributed by atoms with Crippen molar-refractivity contribution in [2.45, 2.75) is 69.7 Å². The zero-order chi connectivity index (χ0) is 19.3. The average Bonchev–Trinajstić information content (AvgIpc) is 2.67. The lowest BCUT2D eigenvalue weighted by Gasteiger charge is -2.42. The molecule has 0 saturated carbocycles. The normalized spacial score (nSPS) is 27.3. The molecule has 1 aromatic rings. The number of anilines is 1. The molecule has 0 unspecified atom stereocenters. The van der Waals surface area contributed by atoms with Crippen LogP contribution in [0.3, 0.4) is 0 Å². The van der Waals surface area contributed by atoms with Gasteiger partial charge in [-0.05, 0) is 45.7 Å². The highest BCUT2D eigenvalue weighted by molar-refractivity contribution is 6.29. The minimum Gasteiger partial charge on any atom is -0.444 e. The molecule has 2 aliphatic rings. The summed E-state index contributed by atoms with van der Waals surface area (Å²) in [6, 6.07) is 1.40. The second kappa shape index (κ2) is 6.48. The summed E-state index contributed by atoms with van der Waals surface area (Å²) in [4.78, 5) is 15.5.